The van der Waals surface area contributed by atoms with Crippen molar-refractivity contribution in [1.82, 2.24) is 9.21 Å². The van der Waals surface area contributed by atoms with Gasteiger partial charge in [-0.25, -0.2) is 8.42 Å². The number of para-hydroxylation sites is 1. The molecule has 0 aromatic heterocycles. The molecule has 3 aromatic carbocycles. The van der Waals surface area contributed by atoms with Crippen LogP contribution in [0.1, 0.15) is 17.2 Å². The van der Waals surface area contributed by atoms with Gasteiger partial charge in [0.2, 0.25) is 22.2 Å². The Morgan fingerprint density at radius 1 is 1.03 bits per heavy atom. The number of benzene rings is 3. The maximum absolute atomic E-state index is 13.7. The van der Waals surface area contributed by atoms with Crippen molar-refractivity contribution in [2.75, 3.05) is 25.0 Å². The highest BCUT2D eigenvalue weighted by atomic mass is 35.5. The second-order valence-corrected chi connectivity index (χ2v) is 10.7. The number of guanidine groups is 1. The highest BCUT2D eigenvalue weighted by Crippen LogP contribution is 2.36. The van der Waals surface area contributed by atoms with E-state index in [9.17, 15) is 13.7 Å². The lowest BCUT2D eigenvalue weighted by Gasteiger charge is -2.41. The van der Waals surface area contributed by atoms with E-state index < -0.39 is 16.1 Å². The fourth-order valence-corrected chi connectivity index (χ4v) is 6.40. The summed E-state index contributed by atoms with van der Waals surface area (Å²) in [5.41, 5.74) is 2.62. The number of hydrogen-bond donors (Lipinski definition) is 1. The lowest BCUT2D eigenvalue weighted by Crippen LogP contribution is -2.53. The molecule has 7 nitrogen and oxygen atoms in total. The molecule has 1 atom stereocenters. The Balaban J connectivity index is 1.71. The molecule has 1 heterocycles. The van der Waals surface area contributed by atoms with E-state index in [1.807, 2.05) is 72.6 Å². The molecule has 35 heavy (non-hydrogen) atoms. The number of aryl methyl sites for hydroxylation is 1. The van der Waals surface area contributed by atoms with Gasteiger partial charge in [-0.1, -0.05) is 77.8 Å². The van der Waals surface area contributed by atoms with E-state index in [1.165, 1.54) is 10.4 Å². The Labute approximate surface area is 215 Å². The van der Waals surface area contributed by atoms with Gasteiger partial charge in [0.15, 0.2) is 0 Å². The van der Waals surface area contributed by atoms with Crippen molar-refractivity contribution >= 4 is 44.9 Å². The van der Waals surface area contributed by atoms with Gasteiger partial charge in [0.05, 0.1) is 16.1 Å². The van der Waals surface area contributed by atoms with Crippen LogP contribution in [-0.4, -0.2) is 43.2 Å². The number of hydrogen-bond acceptors (Lipinski definition) is 4. The summed E-state index contributed by atoms with van der Waals surface area (Å²) in [5.74, 6) is 0.362. The molecule has 1 aliphatic heterocycles. The van der Waals surface area contributed by atoms with Crippen LogP contribution >= 0.6 is 23.2 Å². The molecule has 1 unspecified atom stereocenters. The van der Waals surface area contributed by atoms with Gasteiger partial charge in [0, 0.05) is 25.3 Å². The first kappa shape index (κ1) is 25.0. The summed E-state index contributed by atoms with van der Waals surface area (Å²) >= 11 is 12.4. The third-order valence-corrected chi connectivity index (χ3v) is 8.75. The van der Waals surface area contributed by atoms with Crippen LogP contribution in [0, 0.1) is 18.4 Å². The summed E-state index contributed by atoms with van der Waals surface area (Å²) in [6.07, 6.45) is 1.86. The van der Waals surface area contributed by atoms with Gasteiger partial charge in [-0.2, -0.15) is 9.57 Å². The molecule has 0 bridgehead atoms. The normalized spacial score (nSPS) is 17.1. The summed E-state index contributed by atoms with van der Waals surface area (Å²) in [6, 6.07) is 21.1. The fourth-order valence-electron chi connectivity index (χ4n) is 4.06. The van der Waals surface area contributed by atoms with Gasteiger partial charge in [-0.15, -0.1) is 4.99 Å². The lowest BCUT2D eigenvalue weighted by molar-refractivity contribution is 0.194. The van der Waals surface area contributed by atoms with E-state index in [1.54, 1.807) is 12.1 Å². The summed E-state index contributed by atoms with van der Waals surface area (Å²) in [5, 5.41) is 12.8. The molecular weight excluding hydrogens is 505 g/mol. The second-order valence-electron chi connectivity index (χ2n) is 8.02. The molecular formula is C25H23Cl2N5O2S. The van der Waals surface area contributed by atoms with Gasteiger partial charge in [0.25, 0.3) is 0 Å². The van der Waals surface area contributed by atoms with Crippen LogP contribution < -0.4 is 5.32 Å². The predicted molar refractivity (Wildman–Crippen MR) is 139 cm³/mol. The number of rotatable bonds is 4. The number of nitriles is 1. The number of sulfonamides is 1. The van der Waals surface area contributed by atoms with E-state index >= 15 is 0 Å². The molecule has 180 valence electrons. The van der Waals surface area contributed by atoms with Crippen molar-refractivity contribution in [3.05, 3.63) is 94.0 Å². The minimum absolute atomic E-state index is 0.00337. The van der Waals surface area contributed by atoms with Crippen molar-refractivity contribution < 1.29 is 8.42 Å². The first-order chi connectivity index (χ1) is 16.8. The highest BCUT2D eigenvalue weighted by molar-refractivity contribution is 7.89. The monoisotopic (exact) mass is 527 g/mol. The zero-order chi connectivity index (χ0) is 25.0. The average Bonchev–Trinajstić information content (AvgIpc) is 2.86. The first-order valence-corrected chi connectivity index (χ1v) is 13.1. The van der Waals surface area contributed by atoms with Crippen LogP contribution in [0.15, 0.2) is 82.7 Å². The molecule has 0 spiro atoms. The van der Waals surface area contributed by atoms with Crippen LogP contribution in [0.3, 0.4) is 0 Å². The lowest BCUT2D eigenvalue weighted by atomic mass is 10.0. The number of nitrogens with zero attached hydrogens (tertiary/aromatic N) is 4. The van der Waals surface area contributed by atoms with Crippen molar-refractivity contribution in [3.8, 4) is 6.19 Å². The molecule has 0 amide bonds. The quantitative estimate of drug-likeness (QED) is 0.282. The number of nitrogens with one attached hydrogen (secondary N) is 1. The van der Waals surface area contributed by atoms with Crippen molar-refractivity contribution in [2.45, 2.75) is 17.9 Å². The van der Waals surface area contributed by atoms with Gasteiger partial charge in [-0.3, -0.25) is 0 Å². The third kappa shape index (κ3) is 5.29. The van der Waals surface area contributed by atoms with Crippen LogP contribution in [0.25, 0.3) is 0 Å². The summed E-state index contributed by atoms with van der Waals surface area (Å²) in [7, 11) is -3.97. The number of anilines is 1. The average molecular weight is 528 g/mol. The van der Waals surface area contributed by atoms with Crippen LogP contribution in [-0.2, 0) is 10.0 Å². The molecule has 0 radical (unpaired) electrons. The predicted octanol–water partition coefficient (Wildman–Crippen LogP) is 5.30. The standard InChI is InChI=1S/C25H23Cl2N5O2S/c1-18-8-5-6-12-21(18)30-25(29-17-28)31-14-15-32(22(16-31)19-9-3-2-4-10-19)35(33,34)23-13-7-11-20(26)24(23)27/h2-13,22H,14-16H2,1H3,(H,29,30). The molecule has 10 heteroatoms. The van der Waals surface area contributed by atoms with Gasteiger partial charge < -0.3 is 10.2 Å². The molecule has 1 saturated heterocycles. The Morgan fingerprint density at radius 2 is 1.74 bits per heavy atom. The topological polar surface area (TPSA) is 88.8 Å². The van der Waals surface area contributed by atoms with Crippen LogP contribution in [0.2, 0.25) is 10.0 Å². The largest absolute Gasteiger partial charge is 0.339 e. The Bertz CT molecular complexity index is 1390. The summed E-state index contributed by atoms with van der Waals surface area (Å²) in [6.45, 7) is 2.71. The maximum atomic E-state index is 13.7. The third-order valence-electron chi connectivity index (χ3n) is 5.87. The smallest absolute Gasteiger partial charge is 0.245 e. The Kier molecular flexibility index (Phi) is 7.63. The molecule has 1 N–H and O–H groups in total. The minimum atomic E-state index is -3.97. The van der Waals surface area contributed by atoms with Gasteiger partial charge in [0.1, 0.15) is 4.90 Å². The molecule has 4 rings (SSSR count). The van der Waals surface area contributed by atoms with Crippen LogP contribution in [0.4, 0.5) is 5.69 Å². The minimum Gasteiger partial charge on any atom is -0.339 e. The van der Waals surface area contributed by atoms with E-state index in [2.05, 4.69) is 10.3 Å². The Hall–Kier alpha value is -3.09. The zero-order valence-electron chi connectivity index (χ0n) is 18.9. The summed E-state index contributed by atoms with van der Waals surface area (Å²) in [4.78, 5) is 5.86. The van der Waals surface area contributed by atoms with E-state index in [4.69, 9.17) is 23.2 Å². The zero-order valence-corrected chi connectivity index (χ0v) is 21.2. The van der Waals surface area contributed by atoms with Crippen molar-refractivity contribution in [1.29, 1.82) is 5.26 Å². The number of piperazine rings is 1. The van der Waals surface area contributed by atoms with E-state index in [0.717, 1.165) is 16.8 Å². The van der Waals surface area contributed by atoms with Crippen molar-refractivity contribution in [2.24, 2.45) is 4.99 Å². The van der Waals surface area contributed by atoms with E-state index in [-0.39, 0.29) is 28.0 Å². The maximum Gasteiger partial charge on any atom is 0.245 e. The summed E-state index contributed by atoms with van der Waals surface area (Å²) < 4.78 is 28.9. The van der Waals surface area contributed by atoms with Crippen molar-refractivity contribution in [3.63, 3.8) is 0 Å². The first-order valence-electron chi connectivity index (χ1n) is 10.9. The van der Waals surface area contributed by atoms with Gasteiger partial charge in [-0.05, 0) is 36.2 Å². The SMILES string of the molecule is Cc1ccccc1N/C(=N/C#N)N1CCN(S(=O)(=O)c2cccc(Cl)c2Cl)C(c2ccccc2)C1. The molecule has 1 aliphatic rings. The molecule has 0 saturated carbocycles. The fraction of sp³-hybridized carbons (Fsp3) is 0.200. The Morgan fingerprint density at radius 3 is 2.46 bits per heavy atom. The second kappa shape index (κ2) is 10.7. The van der Waals surface area contributed by atoms with Crippen LogP contribution in [0.5, 0.6) is 0 Å². The van der Waals surface area contributed by atoms with E-state index in [0.29, 0.717) is 12.5 Å². The van der Waals surface area contributed by atoms with Gasteiger partial charge >= 0.3 is 0 Å². The number of aliphatic imine (C=N–C) groups is 1. The highest BCUT2D eigenvalue weighted by Gasteiger charge is 2.39. The number of halogens is 2. The molecule has 0 aliphatic carbocycles. The molecule has 3 aromatic rings. The molecule has 1 fully saturated rings.